The van der Waals surface area contributed by atoms with Crippen molar-refractivity contribution >= 4 is 11.6 Å². The molecular formula is C14H11N3O2. The van der Waals surface area contributed by atoms with E-state index in [1.165, 1.54) is 6.07 Å². The summed E-state index contributed by atoms with van der Waals surface area (Å²) in [7, 11) is 0. The van der Waals surface area contributed by atoms with E-state index in [4.69, 9.17) is 5.11 Å². The number of pyridine rings is 1. The number of nitrogens with zero attached hydrogens (tertiary/aromatic N) is 3. The Hall–Kier alpha value is -2.69. The van der Waals surface area contributed by atoms with Gasteiger partial charge in [0.15, 0.2) is 11.5 Å². The molecule has 3 aromatic rings. The number of rotatable bonds is 2. The number of carboxylic acids is 1. The first-order chi connectivity index (χ1) is 9.16. The molecule has 0 spiro atoms. The minimum Gasteiger partial charge on any atom is -0.478 e. The summed E-state index contributed by atoms with van der Waals surface area (Å²) in [5, 5.41) is 17.2. The van der Waals surface area contributed by atoms with Crippen LogP contribution in [-0.2, 0) is 0 Å². The number of carbonyl (C=O) groups is 1. The van der Waals surface area contributed by atoms with Crippen LogP contribution in [0.1, 0.15) is 15.9 Å². The highest BCUT2D eigenvalue weighted by Gasteiger charge is 2.12. The summed E-state index contributed by atoms with van der Waals surface area (Å²) in [6.45, 7) is 1.98. The summed E-state index contributed by atoms with van der Waals surface area (Å²) in [6.07, 6.45) is 1.54. The molecule has 5 nitrogen and oxygen atoms in total. The highest BCUT2D eigenvalue weighted by Crippen LogP contribution is 2.22. The van der Waals surface area contributed by atoms with E-state index in [0.717, 1.165) is 11.1 Å². The number of aryl methyl sites for hydroxylation is 1. The van der Waals surface area contributed by atoms with Crippen molar-refractivity contribution in [1.82, 2.24) is 14.6 Å². The first-order valence-electron chi connectivity index (χ1n) is 5.81. The number of hydrogen-bond acceptors (Lipinski definition) is 3. The lowest BCUT2D eigenvalue weighted by atomic mass is 10.1. The molecule has 0 bridgehead atoms. The zero-order chi connectivity index (χ0) is 13.4. The van der Waals surface area contributed by atoms with E-state index in [0.29, 0.717) is 11.5 Å². The Bertz CT molecular complexity index is 777. The number of aromatic carboxylic acids is 1. The van der Waals surface area contributed by atoms with Gasteiger partial charge in [-0.1, -0.05) is 24.3 Å². The number of aromatic nitrogens is 3. The van der Waals surface area contributed by atoms with E-state index in [9.17, 15) is 4.79 Å². The van der Waals surface area contributed by atoms with Crippen LogP contribution in [0, 0.1) is 6.92 Å². The van der Waals surface area contributed by atoms with Gasteiger partial charge < -0.3 is 5.11 Å². The van der Waals surface area contributed by atoms with E-state index >= 15 is 0 Å². The van der Waals surface area contributed by atoms with Crippen molar-refractivity contribution in [2.45, 2.75) is 6.92 Å². The van der Waals surface area contributed by atoms with Gasteiger partial charge in [-0.2, -0.15) is 0 Å². The second kappa shape index (κ2) is 4.20. The molecule has 94 valence electrons. The normalized spacial score (nSPS) is 10.8. The van der Waals surface area contributed by atoms with Crippen LogP contribution in [-0.4, -0.2) is 25.7 Å². The van der Waals surface area contributed by atoms with Crippen LogP contribution in [0.5, 0.6) is 0 Å². The number of hydrogen-bond donors (Lipinski definition) is 1. The molecular weight excluding hydrogens is 242 g/mol. The third kappa shape index (κ3) is 1.85. The predicted molar refractivity (Wildman–Crippen MR) is 70.1 cm³/mol. The van der Waals surface area contributed by atoms with E-state index in [2.05, 4.69) is 10.2 Å². The molecule has 0 radical (unpaired) electrons. The Kier molecular flexibility index (Phi) is 2.52. The lowest BCUT2D eigenvalue weighted by Crippen LogP contribution is -1.99. The Morgan fingerprint density at radius 1 is 1.16 bits per heavy atom. The van der Waals surface area contributed by atoms with Gasteiger partial charge in [0.1, 0.15) is 0 Å². The minimum atomic E-state index is -0.966. The van der Waals surface area contributed by atoms with Gasteiger partial charge in [0.25, 0.3) is 0 Å². The van der Waals surface area contributed by atoms with Crippen LogP contribution in [0.15, 0.2) is 42.6 Å². The minimum absolute atomic E-state index is 0.210. The van der Waals surface area contributed by atoms with Gasteiger partial charge in [-0.3, -0.25) is 4.40 Å². The summed E-state index contributed by atoms with van der Waals surface area (Å²) in [5.41, 5.74) is 2.85. The zero-order valence-corrected chi connectivity index (χ0v) is 10.2. The van der Waals surface area contributed by atoms with Crippen molar-refractivity contribution in [3.63, 3.8) is 0 Å². The topological polar surface area (TPSA) is 67.5 Å². The summed E-state index contributed by atoms with van der Waals surface area (Å²) in [4.78, 5) is 11.0. The third-order valence-corrected chi connectivity index (χ3v) is 3.04. The Labute approximate surface area is 109 Å². The smallest absolute Gasteiger partial charge is 0.337 e. The van der Waals surface area contributed by atoms with Crippen molar-refractivity contribution in [3.8, 4) is 11.4 Å². The highest BCUT2D eigenvalue weighted by atomic mass is 16.4. The molecule has 0 amide bonds. The average molecular weight is 253 g/mol. The van der Waals surface area contributed by atoms with Crippen LogP contribution < -0.4 is 0 Å². The monoisotopic (exact) mass is 253 g/mol. The molecule has 1 aromatic carbocycles. The Morgan fingerprint density at radius 3 is 2.68 bits per heavy atom. The zero-order valence-electron chi connectivity index (χ0n) is 10.2. The molecule has 0 fully saturated rings. The standard InChI is InChI=1S/C14H11N3O2/c1-9-4-2-3-5-11(9)13-16-15-12-7-6-10(14(18)19)8-17(12)13/h2-8H,1H3,(H,18,19). The van der Waals surface area contributed by atoms with Gasteiger partial charge in [0.05, 0.1) is 5.56 Å². The summed E-state index contributed by atoms with van der Waals surface area (Å²) < 4.78 is 1.70. The molecule has 5 heteroatoms. The molecule has 0 saturated heterocycles. The van der Waals surface area contributed by atoms with Crippen LogP contribution >= 0.6 is 0 Å². The number of carboxylic acid groups (broad SMARTS) is 1. The predicted octanol–water partition coefficient (Wildman–Crippen LogP) is 2.40. The molecule has 19 heavy (non-hydrogen) atoms. The fourth-order valence-corrected chi connectivity index (χ4v) is 2.02. The lowest BCUT2D eigenvalue weighted by Gasteiger charge is -2.04. The first-order valence-corrected chi connectivity index (χ1v) is 5.81. The third-order valence-electron chi connectivity index (χ3n) is 3.04. The van der Waals surface area contributed by atoms with E-state index in [1.807, 2.05) is 31.2 Å². The van der Waals surface area contributed by atoms with Crippen molar-refractivity contribution in [2.24, 2.45) is 0 Å². The van der Waals surface area contributed by atoms with Gasteiger partial charge in [-0.05, 0) is 24.6 Å². The SMILES string of the molecule is Cc1ccccc1-c1nnc2ccc(C(=O)O)cn12. The molecule has 0 aliphatic rings. The molecule has 2 heterocycles. The van der Waals surface area contributed by atoms with Gasteiger partial charge in [-0.15, -0.1) is 10.2 Å². The van der Waals surface area contributed by atoms with E-state index in [1.54, 1.807) is 16.7 Å². The van der Waals surface area contributed by atoms with E-state index < -0.39 is 5.97 Å². The number of benzene rings is 1. The maximum absolute atomic E-state index is 11.0. The van der Waals surface area contributed by atoms with Crippen molar-refractivity contribution < 1.29 is 9.90 Å². The van der Waals surface area contributed by atoms with Crippen LogP contribution in [0.3, 0.4) is 0 Å². The summed E-state index contributed by atoms with van der Waals surface area (Å²) >= 11 is 0. The van der Waals surface area contributed by atoms with Crippen molar-refractivity contribution in [1.29, 1.82) is 0 Å². The highest BCUT2D eigenvalue weighted by molar-refractivity contribution is 5.87. The summed E-state index contributed by atoms with van der Waals surface area (Å²) in [5.74, 6) is -0.317. The first kappa shape index (κ1) is 11.4. The molecule has 3 rings (SSSR count). The second-order valence-corrected chi connectivity index (χ2v) is 4.29. The Morgan fingerprint density at radius 2 is 1.95 bits per heavy atom. The molecule has 1 N–H and O–H groups in total. The summed E-state index contributed by atoms with van der Waals surface area (Å²) in [6, 6.07) is 11.0. The largest absolute Gasteiger partial charge is 0.478 e. The molecule has 0 aliphatic carbocycles. The molecule has 0 saturated carbocycles. The Balaban J connectivity index is 2.27. The van der Waals surface area contributed by atoms with Crippen molar-refractivity contribution in [3.05, 3.63) is 53.7 Å². The number of fused-ring (bicyclic) bond motifs is 1. The van der Waals surface area contributed by atoms with Gasteiger partial charge in [0.2, 0.25) is 0 Å². The quantitative estimate of drug-likeness (QED) is 0.761. The fourth-order valence-electron chi connectivity index (χ4n) is 2.02. The molecule has 2 aromatic heterocycles. The van der Waals surface area contributed by atoms with Gasteiger partial charge >= 0.3 is 5.97 Å². The van der Waals surface area contributed by atoms with Gasteiger partial charge in [-0.25, -0.2) is 4.79 Å². The van der Waals surface area contributed by atoms with Crippen LogP contribution in [0.2, 0.25) is 0 Å². The maximum atomic E-state index is 11.0. The second-order valence-electron chi connectivity index (χ2n) is 4.29. The maximum Gasteiger partial charge on any atom is 0.337 e. The lowest BCUT2D eigenvalue weighted by molar-refractivity contribution is 0.0696. The van der Waals surface area contributed by atoms with E-state index in [-0.39, 0.29) is 5.56 Å². The fraction of sp³-hybridized carbons (Fsp3) is 0.0714. The molecule has 0 unspecified atom stereocenters. The molecule has 0 atom stereocenters. The van der Waals surface area contributed by atoms with Crippen LogP contribution in [0.25, 0.3) is 17.0 Å². The average Bonchev–Trinajstić information content (AvgIpc) is 2.82. The van der Waals surface area contributed by atoms with Gasteiger partial charge in [0, 0.05) is 11.8 Å². The molecule has 0 aliphatic heterocycles. The van der Waals surface area contributed by atoms with Crippen LogP contribution in [0.4, 0.5) is 0 Å². The van der Waals surface area contributed by atoms with Crippen molar-refractivity contribution in [2.75, 3.05) is 0 Å².